The van der Waals surface area contributed by atoms with Gasteiger partial charge in [0, 0.05) is 6.54 Å². The zero-order valence-corrected chi connectivity index (χ0v) is 12.2. The summed E-state index contributed by atoms with van der Waals surface area (Å²) in [6.45, 7) is 2.81. The number of hydrogen-bond acceptors (Lipinski definition) is 2. The molecule has 1 saturated carbocycles. The van der Waals surface area contributed by atoms with Crippen LogP contribution in [0.25, 0.3) is 0 Å². The topological polar surface area (TPSA) is 55.1 Å². The van der Waals surface area contributed by atoms with Gasteiger partial charge in [0.15, 0.2) is 0 Å². The maximum absolute atomic E-state index is 12.6. The third-order valence-electron chi connectivity index (χ3n) is 5.04. The van der Waals surface area contributed by atoms with E-state index in [1.54, 1.807) is 0 Å². The van der Waals surface area contributed by atoms with Crippen LogP contribution in [-0.2, 0) is 11.2 Å². The van der Waals surface area contributed by atoms with Crippen molar-refractivity contribution < 1.29 is 4.79 Å². The molecule has 3 heteroatoms. The summed E-state index contributed by atoms with van der Waals surface area (Å²) in [4.78, 5) is 12.6. The van der Waals surface area contributed by atoms with Crippen molar-refractivity contribution in [2.75, 3.05) is 6.54 Å². The number of carbonyl (C=O) groups excluding carboxylic acids is 1. The predicted octanol–water partition coefficient (Wildman–Crippen LogP) is 2.35. The molecule has 3 rings (SSSR count). The molecule has 3 nitrogen and oxygen atoms in total. The highest BCUT2D eigenvalue weighted by Crippen LogP contribution is 2.37. The van der Waals surface area contributed by atoms with Crippen LogP contribution in [0.15, 0.2) is 24.3 Å². The molecule has 3 unspecified atom stereocenters. The van der Waals surface area contributed by atoms with Gasteiger partial charge in [-0.3, -0.25) is 4.79 Å². The number of benzene rings is 1. The standard InChI is InChI=1S/C17H24N2O/c1-12-5-4-8-17(10-12,11-18)19-16(20)15-9-13-6-2-3-7-14(13)15/h2-3,6-7,12,15H,4-5,8-11,18H2,1H3,(H,19,20). The van der Waals surface area contributed by atoms with Gasteiger partial charge in [-0.15, -0.1) is 0 Å². The zero-order chi connectivity index (χ0) is 14.2. The molecule has 3 atom stereocenters. The van der Waals surface area contributed by atoms with Gasteiger partial charge in [-0.2, -0.15) is 0 Å². The Labute approximate surface area is 120 Å². The highest BCUT2D eigenvalue weighted by molar-refractivity contribution is 5.87. The van der Waals surface area contributed by atoms with Crippen LogP contribution < -0.4 is 11.1 Å². The molecule has 1 amide bonds. The van der Waals surface area contributed by atoms with E-state index in [1.165, 1.54) is 24.0 Å². The van der Waals surface area contributed by atoms with Crippen LogP contribution in [-0.4, -0.2) is 18.0 Å². The lowest BCUT2D eigenvalue weighted by atomic mass is 9.74. The van der Waals surface area contributed by atoms with Gasteiger partial charge >= 0.3 is 0 Å². The molecule has 2 aliphatic rings. The molecule has 3 N–H and O–H groups in total. The first kappa shape index (κ1) is 13.6. The third-order valence-corrected chi connectivity index (χ3v) is 5.04. The van der Waals surface area contributed by atoms with Crippen LogP contribution >= 0.6 is 0 Å². The smallest absolute Gasteiger partial charge is 0.228 e. The van der Waals surface area contributed by atoms with Crippen LogP contribution in [0.1, 0.15) is 49.7 Å². The number of rotatable bonds is 3. The van der Waals surface area contributed by atoms with Crippen molar-refractivity contribution in [1.82, 2.24) is 5.32 Å². The summed E-state index contributed by atoms with van der Waals surface area (Å²) in [5.41, 5.74) is 8.33. The summed E-state index contributed by atoms with van der Waals surface area (Å²) in [6.07, 6.45) is 5.33. The van der Waals surface area contributed by atoms with E-state index in [0.29, 0.717) is 12.5 Å². The van der Waals surface area contributed by atoms with Gasteiger partial charge < -0.3 is 11.1 Å². The normalized spacial score (nSPS) is 32.1. The fourth-order valence-electron chi connectivity index (χ4n) is 3.85. The summed E-state index contributed by atoms with van der Waals surface area (Å²) in [7, 11) is 0. The maximum Gasteiger partial charge on any atom is 0.228 e. The van der Waals surface area contributed by atoms with Gasteiger partial charge in [0.1, 0.15) is 0 Å². The van der Waals surface area contributed by atoms with Gasteiger partial charge in [0.05, 0.1) is 11.5 Å². The number of nitrogens with two attached hydrogens (primary N) is 1. The summed E-state index contributed by atoms with van der Waals surface area (Å²) >= 11 is 0. The molecule has 0 heterocycles. The van der Waals surface area contributed by atoms with Crippen molar-refractivity contribution in [3.63, 3.8) is 0 Å². The van der Waals surface area contributed by atoms with Gasteiger partial charge in [-0.05, 0) is 36.3 Å². The van der Waals surface area contributed by atoms with Crippen molar-refractivity contribution in [2.45, 2.75) is 50.5 Å². The minimum Gasteiger partial charge on any atom is -0.349 e. The average Bonchev–Trinajstić information content (AvgIpc) is 2.40. The molecule has 0 aliphatic heterocycles. The van der Waals surface area contributed by atoms with Crippen LogP contribution in [0.3, 0.4) is 0 Å². The number of fused-ring (bicyclic) bond motifs is 1. The van der Waals surface area contributed by atoms with E-state index in [-0.39, 0.29) is 17.4 Å². The minimum absolute atomic E-state index is 0.0341. The fourth-order valence-corrected chi connectivity index (χ4v) is 3.85. The van der Waals surface area contributed by atoms with Crippen LogP contribution in [0.2, 0.25) is 0 Å². The molecule has 1 aromatic carbocycles. The first-order valence-corrected chi connectivity index (χ1v) is 7.73. The van der Waals surface area contributed by atoms with Crippen LogP contribution in [0.4, 0.5) is 0 Å². The molecular weight excluding hydrogens is 248 g/mol. The number of hydrogen-bond donors (Lipinski definition) is 2. The molecule has 1 fully saturated rings. The van der Waals surface area contributed by atoms with Crippen LogP contribution in [0, 0.1) is 5.92 Å². The lowest BCUT2D eigenvalue weighted by Gasteiger charge is -2.42. The Morgan fingerprint density at radius 3 is 2.95 bits per heavy atom. The lowest BCUT2D eigenvalue weighted by molar-refractivity contribution is -0.125. The number of nitrogens with one attached hydrogen (secondary N) is 1. The largest absolute Gasteiger partial charge is 0.349 e. The van der Waals surface area contributed by atoms with E-state index in [9.17, 15) is 4.79 Å². The van der Waals surface area contributed by atoms with Crippen LogP contribution in [0.5, 0.6) is 0 Å². The van der Waals surface area contributed by atoms with Gasteiger partial charge in [0.25, 0.3) is 0 Å². The van der Waals surface area contributed by atoms with Gasteiger partial charge in [0.2, 0.25) is 5.91 Å². The van der Waals surface area contributed by atoms with E-state index >= 15 is 0 Å². The molecule has 0 radical (unpaired) electrons. The Kier molecular flexibility index (Phi) is 3.55. The first-order valence-electron chi connectivity index (χ1n) is 7.73. The molecular formula is C17H24N2O. The number of amides is 1. The van der Waals surface area contributed by atoms with E-state index in [2.05, 4.69) is 24.4 Å². The summed E-state index contributed by atoms with van der Waals surface area (Å²) in [5, 5.41) is 3.29. The molecule has 20 heavy (non-hydrogen) atoms. The molecule has 1 aromatic rings. The van der Waals surface area contributed by atoms with Gasteiger partial charge in [-0.1, -0.05) is 44.0 Å². The van der Waals surface area contributed by atoms with Crippen molar-refractivity contribution in [3.8, 4) is 0 Å². The summed E-state index contributed by atoms with van der Waals surface area (Å²) in [6, 6.07) is 8.24. The Morgan fingerprint density at radius 2 is 2.25 bits per heavy atom. The Morgan fingerprint density at radius 1 is 1.45 bits per heavy atom. The summed E-state index contributed by atoms with van der Waals surface area (Å²) in [5.74, 6) is 0.858. The third kappa shape index (κ3) is 2.35. The van der Waals surface area contributed by atoms with Gasteiger partial charge in [-0.25, -0.2) is 0 Å². The lowest BCUT2D eigenvalue weighted by Crippen LogP contribution is -2.57. The van der Waals surface area contributed by atoms with Crippen molar-refractivity contribution in [2.24, 2.45) is 11.7 Å². The highest BCUT2D eigenvalue weighted by Gasteiger charge is 2.39. The van der Waals surface area contributed by atoms with Crippen molar-refractivity contribution in [3.05, 3.63) is 35.4 Å². The molecule has 0 bridgehead atoms. The summed E-state index contributed by atoms with van der Waals surface area (Å²) < 4.78 is 0. The molecule has 0 spiro atoms. The molecule has 108 valence electrons. The quantitative estimate of drug-likeness (QED) is 0.887. The second-order valence-corrected chi connectivity index (χ2v) is 6.63. The molecule has 0 saturated heterocycles. The second kappa shape index (κ2) is 5.21. The highest BCUT2D eigenvalue weighted by atomic mass is 16.2. The van der Waals surface area contributed by atoms with Crippen molar-refractivity contribution in [1.29, 1.82) is 0 Å². The Balaban J connectivity index is 1.70. The minimum atomic E-state index is -0.167. The van der Waals surface area contributed by atoms with Crippen molar-refractivity contribution >= 4 is 5.91 Å². The number of carbonyl (C=O) groups is 1. The Bertz CT molecular complexity index is 513. The fraction of sp³-hybridized carbons (Fsp3) is 0.588. The Hall–Kier alpha value is -1.35. The van der Waals surface area contributed by atoms with E-state index in [1.807, 2.05) is 12.1 Å². The average molecular weight is 272 g/mol. The second-order valence-electron chi connectivity index (χ2n) is 6.63. The monoisotopic (exact) mass is 272 g/mol. The van der Waals surface area contributed by atoms with E-state index in [4.69, 9.17) is 5.73 Å². The maximum atomic E-state index is 12.6. The van der Waals surface area contributed by atoms with E-state index in [0.717, 1.165) is 19.3 Å². The molecule has 0 aromatic heterocycles. The first-order chi connectivity index (χ1) is 9.63. The zero-order valence-electron chi connectivity index (χ0n) is 12.2. The molecule has 2 aliphatic carbocycles. The van der Waals surface area contributed by atoms with E-state index < -0.39 is 0 Å². The predicted molar refractivity (Wildman–Crippen MR) is 80.4 cm³/mol. The SMILES string of the molecule is CC1CCCC(CN)(NC(=O)C2Cc3ccccc32)C1.